The lowest BCUT2D eigenvalue weighted by molar-refractivity contribution is 0.158. The van der Waals surface area contributed by atoms with Crippen LogP contribution < -0.4 is 19.1 Å². The van der Waals surface area contributed by atoms with Crippen LogP contribution in [0.15, 0.2) is 42.6 Å². The van der Waals surface area contributed by atoms with E-state index in [2.05, 4.69) is 4.98 Å². The second-order valence-electron chi connectivity index (χ2n) is 6.88. The van der Waals surface area contributed by atoms with Gasteiger partial charge in [0.2, 0.25) is 5.75 Å². The number of hydrogen-bond donors (Lipinski definition) is 0. The maximum absolute atomic E-state index is 15.0. The molecule has 0 N–H and O–H groups in total. The van der Waals surface area contributed by atoms with Gasteiger partial charge in [-0.15, -0.1) is 0 Å². The van der Waals surface area contributed by atoms with Crippen molar-refractivity contribution in [1.82, 2.24) is 4.98 Å². The van der Waals surface area contributed by atoms with E-state index in [1.54, 1.807) is 26.4 Å². The summed E-state index contributed by atoms with van der Waals surface area (Å²) in [6, 6.07) is 10.8. The van der Waals surface area contributed by atoms with E-state index in [0.717, 1.165) is 12.8 Å². The summed E-state index contributed by atoms with van der Waals surface area (Å²) in [5, 5.41) is 1.12. The first-order valence-electron chi connectivity index (χ1n) is 9.47. The summed E-state index contributed by atoms with van der Waals surface area (Å²) >= 11 is 6.16. The SMILES string of the molecule is COc1cccc(OC)c1OC1CCN(c2ccc3c(Cl)ccnc3c2F)CC1. The number of nitrogens with zero attached hydrogens (tertiary/aromatic N) is 2. The number of para-hydroxylation sites is 1. The lowest BCUT2D eigenvalue weighted by Crippen LogP contribution is -2.38. The number of hydrogen-bond acceptors (Lipinski definition) is 5. The normalized spacial score (nSPS) is 14.8. The van der Waals surface area contributed by atoms with Crippen LogP contribution in [0.1, 0.15) is 12.8 Å². The Morgan fingerprint density at radius 1 is 1.03 bits per heavy atom. The number of ether oxygens (including phenoxy) is 3. The molecular formula is C22H22ClFN2O3. The topological polar surface area (TPSA) is 43.8 Å². The summed E-state index contributed by atoms with van der Waals surface area (Å²) in [6.45, 7) is 1.34. The molecule has 0 amide bonds. The molecule has 0 saturated carbocycles. The molecule has 3 aromatic rings. The van der Waals surface area contributed by atoms with E-state index in [1.165, 1.54) is 6.20 Å². The molecule has 0 atom stereocenters. The Balaban J connectivity index is 1.50. The molecule has 0 aliphatic carbocycles. The minimum absolute atomic E-state index is 0.00691. The highest BCUT2D eigenvalue weighted by Gasteiger charge is 2.25. The van der Waals surface area contributed by atoms with E-state index in [0.29, 0.717) is 52.0 Å². The van der Waals surface area contributed by atoms with Gasteiger partial charge in [0.25, 0.3) is 0 Å². The minimum Gasteiger partial charge on any atom is -0.493 e. The average molecular weight is 417 g/mol. The Labute approximate surface area is 174 Å². The van der Waals surface area contributed by atoms with Gasteiger partial charge >= 0.3 is 0 Å². The van der Waals surface area contributed by atoms with Crippen molar-refractivity contribution in [3.05, 3.63) is 53.4 Å². The highest BCUT2D eigenvalue weighted by atomic mass is 35.5. The number of pyridine rings is 1. The van der Waals surface area contributed by atoms with Crippen LogP contribution in [-0.4, -0.2) is 38.4 Å². The summed E-state index contributed by atoms with van der Waals surface area (Å²) in [5.74, 6) is 1.54. The number of rotatable bonds is 5. The van der Waals surface area contributed by atoms with Crippen molar-refractivity contribution in [3.63, 3.8) is 0 Å². The molecule has 1 fully saturated rings. The number of anilines is 1. The first-order chi connectivity index (χ1) is 14.1. The van der Waals surface area contributed by atoms with Gasteiger partial charge in [-0.25, -0.2) is 4.39 Å². The Hall–Kier alpha value is -2.73. The van der Waals surface area contributed by atoms with Gasteiger partial charge in [-0.05, 0) is 30.3 Å². The van der Waals surface area contributed by atoms with E-state index < -0.39 is 0 Å². The van der Waals surface area contributed by atoms with E-state index in [4.69, 9.17) is 25.8 Å². The molecule has 152 valence electrons. The predicted molar refractivity (Wildman–Crippen MR) is 112 cm³/mol. The molecule has 0 unspecified atom stereocenters. The number of halogens is 2. The van der Waals surface area contributed by atoms with Crippen LogP contribution in [0.3, 0.4) is 0 Å². The number of aromatic nitrogens is 1. The number of fused-ring (bicyclic) bond motifs is 1. The molecule has 5 nitrogen and oxygen atoms in total. The van der Waals surface area contributed by atoms with Gasteiger partial charge in [0.15, 0.2) is 17.3 Å². The first-order valence-corrected chi connectivity index (χ1v) is 9.85. The van der Waals surface area contributed by atoms with Crippen LogP contribution in [0.4, 0.5) is 10.1 Å². The van der Waals surface area contributed by atoms with Gasteiger partial charge in [-0.2, -0.15) is 0 Å². The lowest BCUT2D eigenvalue weighted by Gasteiger charge is -2.34. The zero-order valence-electron chi connectivity index (χ0n) is 16.3. The fourth-order valence-corrected chi connectivity index (χ4v) is 3.91. The molecule has 2 heterocycles. The summed E-state index contributed by atoms with van der Waals surface area (Å²) in [7, 11) is 3.21. The minimum atomic E-state index is -0.337. The molecule has 29 heavy (non-hydrogen) atoms. The third kappa shape index (κ3) is 3.77. The molecule has 2 aromatic carbocycles. The summed E-state index contributed by atoms with van der Waals surface area (Å²) in [6.07, 6.45) is 3.02. The van der Waals surface area contributed by atoms with Crippen molar-refractivity contribution >= 4 is 28.2 Å². The Morgan fingerprint density at radius 2 is 1.72 bits per heavy atom. The van der Waals surface area contributed by atoms with Gasteiger partial charge in [0.1, 0.15) is 11.6 Å². The number of benzene rings is 2. The maximum Gasteiger partial charge on any atom is 0.203 e. The molecule has 0 radical (unpaired) electrons. The van der Waals surface area contributed by atoms with Crippen molar-refractivity contribution in [1.29, 1.82) is 0 Å². The van der Waals surface area contributed by atoms with Crippen LogP contribution in [0.2, 0.25) is 5.02 Å². The van der Waals surface area contributed by atoms with E-state index >= 15 is 4.39 Å². The summed E-state index contributed by atoms with van der Waals surface area (Å²) in [5.41, 5.74) is 0.840. The Morgan fingerprint density at radius 3 is 2.38 bits per heavy atom. The van der Waals surface area contributed by atoms with Gasteiger partial charge in [-0.1, -0.05) is 17.7 Å². The molecule has 1 saturated heterocycles. The maximum atomic E-state index is 15.0. The fraction of sp³-hybridized carbons (Fsp3) is 0.318. The number of methoxy groups -OCH3 is 2. The molecule has 0 spiro atoms. The largest absolute Gasteiger partial charge is 0.493 e. The monoisotopic (exact) mass is 416 g/mol. The van der Waals surface area contributed by atoms with Crippen LogP contribution in [-0.2, 0) is 0 Å². The summed E-state index contributed by atoms with van der Waals surface area (Å²) in [4.78, 5) is 6.19. The zero-order valence-corrected chi connectivity index (χ0v) is 17.1. The van der Waals surface area contributed by atoms with Crippen molar-refractivity contribution in [2.24, 2.45) is 0 Å². The zero-order chi connectivity index (χ0) is 20.4. The molecule has 4 rings (SSSR count). The van der Waals surface area contributed by atoms with Gasteiger partial charge in [-0.3, -0.25) is 4.98 Å². The molecule has 1 aliphatic rings. The van der Waals surface area contributed by atoms with Gasteiger partial charge in [0, 0.05) is 37.5 Å². The summed E-state index contributed by atoms with van der Waals surface area (Å²) < 4.78 is 32.1. The first kappa shape index (κ1) is 19.6. The standard InChI is InChI=1S/C22H22ClFN2O3/c1-27-18-4-3-5-19(28-2)22(18)29-14-9-12-26(13-10-14)17-7-6-15-16(23)8-11-25-21(15)20(17)24/h3-8,11,14H,9-10,12-13H2,1-2H3. The number of piperidine rings is 1. The van der Waals surface area contributed by atoms with Crippen molar-refractivity contribution in [3.8, 4) is 17.2 Å². The molecule has 0 bridgehead atoms. The molecule has 7 heteroatoms. The predicted octanol–water partition coefficient (Wildman–Crippen LogP) is 5.09. The fourth-order valence-electron chi connectivity index (χ4n) is 3.70. The van der Waals surface area contributed by atoms with E-state index in [-0.39, 0.29) is 11.9 Å². The highest BCUT2D eigenvalue weighted by molar-refractivity contribution is 6.35. The van der Waals surface area contributed by atoms with Crippen LogP contribution in [0.5, 0.6) is 17.2 Å². The molecule has 1 aromatic heterocycles. The Kier molecular flexibility index (Phi) is 5.62. The second-order valence-corrected chi connectivity index (χ2v) is 7.29. The van der Waals surface area contributed by atoms with Crippen LogP contribution in [0, 0.1) is 5.82 Å². The average Bonchev–Trinajstić information content (AvgIpc) is 2.75. The molecular weight excluding hydrogens is 395 g/mol. The molecule has 1 aliphatic heterocycles. The smallest absolute Gasteiger partial charge is 0.203 e. The Bertz CT molecular complexity index is 1000. The second kappa shape index (κ2) is 8.33. The quantitative estimate of drug-likeness (QED) is 0.579. The van der Waals surface area contributed by atoms with Crippen LogP contribution >= 0.6 is 11.6 Å². The third-order valence-corrected chi connectivity index (χ3v) is 5.56. The van der Waals surface area contributed by atoms with Crippen molar-refractivity contribution in [2.75, 3.05) is 32.2 Å². The third-order valence-electron chi connectivity index (χ3n) is 5.23. The van der Waals surface area contributed by atoms with Crippen molar-refractivity contribution < 1.29 is 18.6 Å². The van der Waals surface area contributed by atoms with E-state index in [1.807, 2.05) is 29.2 Å². The van der Waals surface area contributed by atoms with Gasteiger partial charge in [0.05, 0.1) is 24.9 Å². The van der Waals surface area contributed by atoms with Crippen molar-refractivity contribution in [2.45, 2.75) is 18.9 Å². The van der Waals surface area contributed by atoms with Crippen LogP contribution in [0.25, 0.3) is 10.9 Å². The van der Waals surface area contributed by atoms with E-state index in [9.17, 15) is 0 Å². The highest BCUT2D eigenvalue weighted by Crippen LogP contribution is 2.39. The lowest BCUT2D eigenvalue weighted by atomic mass is 10.1. The van der Waals surface area contributed by atoms with Gasteiger partial charge < -0.3 is 19.1 Å².